The lowest BCUT2D eigenvalue weighted by Crippen LogP contribution is -2.39. The standard InChI is InChI=1S/C31H31F3N4O2/c1-4-5-18-37(30(40)24-12-9-13-25(19-24)31(32,33)34)20-27(39)35-29-28(23-10-7-6-8-11-23)22(3)36-38(29)26-16-14-21(2)15-17-26/h6-17,19H,4-5,18,20H2,1-3H3,(H,35,39). The molecule has 0 aliphatic heterocycles. The second-order valence-electron chi connectivity index (χ2n) is 9.63. The van der Waals surface area contributed by atoms with Crippen molar-refractivity contribution in [1.29, 1.82) is 0 Å². The number of unbranched alkanes of at least 4 members (excludes halogenated alkanes) is 1. The van der Waals surface area contributed by atoms with E-state index >= 15 is 0 Å². The van der Waals surface area contributed by atoms with E-state index in [4.69, 9.17) is 5.10 Å². The van der Waals surface area contributed by atoms with E-state index in [0.29, 0.717) is 17.9 Å². The molecule has 9 heteroatoms. The minimum Gasteiger partial charge on any atom is -0.329 e. The van der Waals surface area contributed by atoms with Crippen molar-refractivity contribution in [2.75, 3.05) is 18.4 Å². The highest BCUT2D eigenvalue weighted by molar-refractivity contribution is 6.01. The fourth-order valence-corrected chi connectivity index (χ4v) is 4.42. The maximum absolute atomic E-state index is 13.5. The molecule has 0 atom stereocenters. The predicted molar refractivity (Wildman–Crippen MR) is 149 cm³/mol. The van der Waals surface area contributed by atoms with Gasteiger partial charge in [0.05, 0.1) is 16.9 Å². The normalized spacial score (nSPS) is 11.3. The van der Waals surface area contributed by atoms with Gasteiger partial charge in [-0.25, -0.2) is 4.68 Å². The molecule has 0 aliphatic carbocycles. The van der Waals surface area contributed by atoms with Crippen LogP contribution >= 0.6 is 0 Å². The van der Waals surface area contributed by atoms with Gasteiger partial charge in [-0.1, -0.05) is 67.4 Å². The molecule has 0 saturated carbocycles. The molecule has 0 radical (unpaired) electrons. The molecule has 3 aromatic carbocycles. The Bertz CT molecular complexity index is 1480. The number of hydrogen-bond acceptors (Lipinski definition) is 3. The van der Waals surface area contributed by atoms with Crippen LogP contribution in [0.3, 0.4) is 0 Å². The van der Waals surface area contributed by atoms with Crippen molar-refractivity contribution in [3.8, 4) is 16.8 Å². The fraction of sp³-hybridized carbons (Fsp3) is 0.258. The van der Waals surface area contributed by atoms with Gasteiger partial charge in [0.2, 0.25) is 5.91 Å². The smallest absolute Gasteiger partial charge is 0.329 e. The van der Waals surface area contributed by atoms with E-state index in [9.17, 15) is 22.8 Å². The van der Waals surface area contributed by atoms with Gasteiger partial charge in [0, 0.05) is 17.7 Å². The molecule has 1 N–H and O–H groups in total. The summed E-state index contributed by atoms with van der Waals surface area (Å²) in [5.41, 5.74) is 3.07. The van der Waals surface area contributed by atoms with Crippen LogP contribution in [0.1, 0.15) is 46.9 Å². The van der Waals surface area contributed by atoms with Gasteiger partial charge in [-0.05, 0) is 56.2 Å². The van der Waals surface area contributed by atoms with Crippen molar-refractivity contribution in [3.05, 3.63) is 101 Å². The Hall–Kier alpha value is -4.40. The van der Waals surface area contributed by atoms with Crippen molar-refractivity contribution in [2.24, 2.45) is 0 Å². The molecule has 0 saturated heterocycles. The predicted octanol–water partition coefficient (Wildman–Crippen LogP) is 7.06. The van der Waals surface area contributed by atoms with Crippen LogP contribution in [0, 0.1) is 13.8 Å². The summed E-state index contributed by atoms with van der Waals surface area (Å²) < 4.78 is 41.5. The van der Waals surface area contributed by atoms with Gasteiger partial charge in [0.1, 0.15) is 12.4 Å². The maximum atomic E-state index is 13.5. The molecule has 40 heavy (non-hydrogen) atoms. The van der Waals surface area contributed by atoms with Gasteiger partial charge in [-0.15, -0.1) is 0 Å². The number of aryl methyl sites for hydroxylation is 2. The monoisotopic (exact) mass is 548 g/mol. The van der Waals surface area contributed by atoms with Gasteiger partial charge < -0.3 is 10.2 Å². The first-order chi connectivity index (χ1) is 19.1. The second kappa shape index (κ2) is 12.2. The number of aromatic nitrogens is 2. The summed E-state index contributed by atoms with van der Waals surface area (Å²) in [5.74, 6) is -0.678. The number of rotatable bonds is 9. The first kappa shape index (κ1) is 28.6. The average Bonchev–Trinajstić information content (AvgIpc) is 3.26. The summed E-state index contributed by atoms with van der Waals surface area (Å²) in [6.45, 7) is 5.65. The summed E-state index contributed by atoms with van der Waals surface area (Å²) in [6, 6.07) is 21.5. The van der Waals surface area contributed by atoms with Gasteiger partial charge in [0.25, 0.3) is 5.91 Å². The van der Waals surface area contributed by atoms with E-state index in [2.05, 4.69) is 5.32 Å². The zero-order chi connectivity index (χ0) is 28.9. The highest BCUT2D eigenvalue weighted by Crippen LogP contribution is 2.34. The van der Waals surface area contributed by atoms with Crippen molar-refractivity contribution < 1.29 is 22.8 Å². The number of alkyl halides is 3. The summed E-state index contributed by atoms with van der Waals surface area (Å²) in [6.07, 6.45) is -3.25. The van der Waals surface area contributed by atoms with Crippen LogP contribution < -0.4 is 5.32 Å². The second-order valence-corrected chi connectivity index (χ2v) is 9.63. The largest absolute Gasteiger partial charge is 0.416 e. The van der Waals surface area contributed by atoms with Crippen molar-refractivity contribution in [3.63, 3.8) is 0 Å². The molecule has 1 heterocycles. The van der Waals surface area contributed by atoms with Crippen LogP contribution in [0.25, 0.3) is 16.8 Å². The van der Waals surface area contributed by atoms with Crippen molar-refractivity contribution >= 4 is 17.6 Å². The van der Waals surface area contributed by atoms with Crippen LogP contribution in [0.15, 0.2) is 78.9 Å². The first-order valence-corrected chi connectivity index (χ1v) is 13.1. The Labute approximate surface area is 231 Å². The first-order valence-electron chi connectivity index (χ1n) is 13.1. The zero-order valence-corrected chi connectivity index (χ0v) is 22.6. The summed E-state index contributed by atoms with van der Waals surface area (Å²) in [4.78, 5) is 28.0. The number of halogens is 3. The van der Waals surface area contributed by atoms with E-state index < -0.39 is 23.6 Å². The third-order valence-electron chi connectivity index (χ3n) is 6.50. The molecule has 0 unspecified atom stereocenters. The number of hydrogen-bond donors (Lipinski definition) is 1. The summed E-state index contributed by atoms with van der Waals surface area (Å²) in [5, 5.41) is 7.65. The van der Waals surface area contributed by atoms with E-state index in [0.717, 1.165) is 40.9 Å². The SMILES string of the molecule is CCCCN(CC(=O)Nc1c(-c2ccccc2)c(C)nn1-c1ccc(C)cc1)C(=O)c1cccc(C(F)(F)F)c1. The van der Waals surface area contributed by atoms with Crippen LogP contribution in [-0.4, -0.2) is 39.6 Å². The molecular weight excluding hydrogens is 517 g/mol. The number of carbonyl (C=O) groups is 2. The molecule has 1 aromatic heterocycles. The van der Waals surface area contributed by atoms with Gasteiger partial charge >= 0.3 is 6.18 Å². The lowest BCUT2D eigenvalue weighted by molar-refractivity contribution is -0.137. The van der Waals surface area contributed by atoms with E-state index in [1.807, 2.05) is 75.4 Å². The van der Waals surface area contributed by atoms with Crippen LogP contribution in [0.4, 0.5) is 19.0 Å². The molecule has 0 spiro atoms. The Morgan fingerprint density at radius 2 is 1.65 bits per heavy atom. The van der Waals surface area contributed by atoms with Gasteiger partial charge in [-0.3, -0.25) is 9.59 Å². The highest BCUT2D eigenvalue weighted by Gasteiger charge is 2.31. The van der Waals surface area contributed by atoms with Crippen LogP contribution in [0.2, 0.25) is 0 Å². The maximum Gasteiger partial charge on any atom is 0.416 e. The Balaban J connectivity index is 1.67. The molecule has 4 rings (SSSR count). The van der Waals surface area contributed by atoms with E-state index in [1.165, 1.54) is 17.0 Å². The van der Waals surface area contributed by atoms with Crippen LogP contribution in [-0.2, 0) is 11.0 Å². The summed E-state index contributed by atoms with van der Waals surface area (Å²) >= 11 is 0. The van der Waals surface area contributed by atoms with E-state index in [1.54, 1.807) is 4.68 Å². The molecule has 0 fully saturated rings. The molecule has 0 bridgehead atoms. The minimum atomic E-state index is -4.58. The van der Waals surface area contributed by atoms with Gasteiger partial charge in [-0.2, -0.15) is 18.3 Å². The highest BCUT2D eigenvalue weighted by atomic mass is 19.4. The Kier molecular flexibility index (Phi) is 8.72. The number of benzene rings is 3. The number of anilines is 1. The minimum absolute atomic E-state index is 0.121. The third-order valence-corrected chi connectivity index (χ3v) is 6.50. The number of amides is 2. The number of nitrogens with zero attached hydrogens (tertiary/aromatic N) is 3. The molecule has 2 amide bonds. The number of carbonyl (C=O) groups excluding carboxylic acids is 2. The molecule has 0 aliphatic rings. The van der Waals surface area contributed by atoms with Crippen molar-refractivity contribution in [1.82, 2.24) is 14.7 Å². The van der Waals surface area contributed by atoms with Crippen LogP contribution in [0.5, 0.6) is 0 Å². The lowest BCUT2D eigenvalue weighted by atomic mass is 10.1. The average molecular weight is 549 g/mol. The third kappa shape index (κ3) is 6.59. The van der Waals surface area contributed by atoms with Gasteiger partial charge in [0.15, 0.2) is 0 Å². The lowest BCUT2D eigenvalue weighted by Gasteiger charge is -2.23. The quantitative estimate of drug-likeness (QED) is 0.244. The number of nitrogens with one attached hydrogen (secondary N) is 1. The van der Waals surface area contributed by atoms with E-state index in [-0.39, 0.29) is 18.7 Å². The molecular formula is C31H31F3N4O2. The topological polar surface area (TPSA) is 67.2 Å². The zero-order valence-electron chi connectivity index (χ0n) is 22.6. The molecule has 208 valence electrons. The molecule has 6 nitrogen and oxygen atoms in total. The van der Waals surface area contributed by atoms with Crippen molar-refractivity contribution in [2.45, 2.75) is 39.8 Å². The Morgan fingerprint density at radius 1 is 0.950 bits per heavy atom. The fourth-order valence-electron chi connectivity index (χ4n) is 4.42. The Morgan fingerprint density at radius 3 is 2.30 bits per heavy atom. The molecule has 4 aromatic rings. The summed E-state index contributed by atoms with van der Waals surface area (Å²) in [7, 11) is 0.